The van der Waals surface area contributed by atoms with E-state index in [-0.39, 0.29) is 18.0 Å². The van der Waals surface area contributed by atoms with E-state index < -0.39 is 10.0 Å². The number of nitrogens with zero attached hydrogens (tertiary/aromatic N) is 3. The molecular formula is C12H19N3O4S. The van der Waals surface area contributed by atoms with Gasteiger partial charge in [-0.15, -0.1) is 0 Å². The summed E-state index contributed by atoms with van der Waals surface area (Å²) in [6.07, 6.45) is 5.33. The van der Waals surface area contributed by atoms with Gasteiger partial charge in [0.1, 0.15) is 4.90 Å². The Balaban J connectivity index is 2.11. The van der Waals surface area contributed by atoms with E-state index in [9.17, 15) is 8.42 Å². The molecule has 0 aliphatic carbocycles. The number of sulfonamides is 1. The van der Waals surface area contributed by atoms with Crippen LogP contribution in [0, 0.1) is 0 Å². The van der Waals surface area contributed by atoms with Crippen molar-refractivity contribution in [2.75, 3.05) is 33.4 Å². The van der Waals surface area contributed by atoms with Crippen LogP contribution in [0.5, 0.6) is 0 Å². The fraction of sp³-hybridized carbons (Fsp3) is 0.583. The number of hydrogen-bond acceptors (Lipinski definition) is 5. The van der Waals surface area contributed by atoms with Crippen molar-refractivity contribution in [1.29, 1.82) is 0 Å². The van der Waals surface area contributed by atoms with Gasteiger partial charge in [0, 0.05) is 26.4 Å². The Bertz CT molecular complexity index is 579. The Labute approximate surface area is 118 Å². The van der Waals surface area contributed by atoms with Gasteiger partial charge in [-0.3, -0.25) is 4.68 Å². The zero-order chi connectivity index (χ0) is 14.6. The van der Waals surface area contributed by atoms with E-state index in [2.05, 4.69) is 5.10 Å². The average molecular weight is 301 g/mol. The van der Waals surface area contributed by atoms with Gasteiger partial charge in [-0.1, -0.05) is 6.08 Å². The van der Waals surface area contributed by atoms with Crippen LogP contribution in [0.2, 0.25) is 0 Å². The molecule has 7 nitrogen and oxygen atoms in total. The van der Waals surface area contributed by atoms with Gasteiger partial charge in [0.15, 0.2) is 0 Å². The molecule has 1 aliphatic rings. The Kier molecular flexibility index (Phi) is 4.92. The predicted molar refractivity (Wildman–Crippen MR) is 72.6 cm³/mol. The van der Waals surface area contributed by atoms with Gasteiger partial charge in [0.2, 0.25) is 10.0 Å². The van der Waals surface area contributed by atoms with Crippen molar-refractivity contribution >= 4 is 10.0 Å². The first kappa shape index (κ1) is 15.2. The molecule has 0 saturated carbocycles. The third kappa shape index (κ3) is 3.26. The highest BCUT2D eigenvalue weighted by Gasteiger charge is 2.27. The molecule has 2 heterocycles. The molecule has 0 spiro atoms. The zero-order valence-electron chi connectivity index (χ0n) is 11.4. The minimum atomic E-state index is -3.51. The van der Waals surface area contributed by atoms with Crippen LogP contribution in [-0.2, 0) is 21.3 Å². The minimum absolute atomic E-state index is 0.0754. The standard InChI is InChI=1S/C12H19N3O4S/c1-19-10-11-2-4-15(5-3-11)20(17,18)12-8-13-14(9-12)6-7-16/h2,8-9,16H,3-7,10H2,1H3. The van der Waals surface area contributed by atoms with Crippen molar-refractivity contribution in [2.45, 2.75) is 17.9 Å². The highest BCUT2D eigenvalue weighted by Crippen LogP contribution is 2.20. The molecule has 0 bridgehead atoms. The van der Waals surface area contributed by atoms with Gasteiger partial charge in [-0.05, 0) is 12.0 Å². The van der Waals surface area contributed by atoms with E-state index in [1.807, 2.05) is 6.08 Å². The first-order valence-electron chi connectivity index (χ1n) is 6.38. The van der Waals surface area contributed by atoms with Crippen LogP contribution in [0.15, 0.2) is 28.9 Å². The van der Waals surface area contributed by atoms with Crippen molar-refractivity contribution in [2.24, 2.45) is 0 Å². The second kappa shape index (κ2) is 6.49. The van der Waals surface area contributed by atoms with E-state index in [1.54, 1.807) is 7.11 Å². The molecule has 20 heavy (non-hydrogen) atoms. The van der Waals surface area contributed by atoms with Gasteiger partial charge in [0.25, 0.3) is 0 Å². The Morgan fingerprint density at radius 1 is 1.50 bits per heavy atom. The first-order chi connectivity index (χ1) is 9.57. The van der Waals surface area contributed by atoms with Crippen molar-refractivity contribution in [3.8, 4) is 0 Å². The number of aliphatic hydroxyl groups excluding tert-OH is 1. The summed E-state index contributed by atoms with van der Waals surface area (Å²) in [4.78, 5) is 0.162. The Morgan fingerprint density at radius 2 is 2.30 bits per heavy atom. The van der Waals surface area contributed by atoms with Gasteiger partial charge >= 0.3 is 0 Å². The van der Waals surface area contributed by atoms with E-state index in [0.29, 0.717) is 26.1 Å². The zero-order valence-corrected chi connectivity index (χ0v) is 12.2. The van der Waals surface area contributed by atoms with Crippen LogP contribution >= 0.6 is 0 Å². The maximum Gasteiger partial charge on any atom is 0.246 e. The lowest BCUT2D eigenvalue weighted by molar-refractivity contribution is 0.219. The largest absolute Gasteiger partial charge is 0.394 e. The third-order valence-corrected chi connectivity index (χ3v) is 4.99. The second-order valence-corrected chi connectivity index (χ2v) is 6.51. The summed E-state index contributed by atoms with van der Waals surface area (Å²) in [5.41, 5.74) is 1.12. The molecule has 2 rings (SSSR count). The van der Waals surface area contributed by atoms with Gasteiger partial charge < -0.3 is 9.84 Å². The maximum atomic E-state index is 12.4. The maximum absolute atomic E-state index is 12.4. The highest BCUT2D eigenvalue weighted by molar-refractivity contribution is 7.89. The number of aliphatic hydroxyl groups is 1. The summed E-state index contributed by atoms with van der Waals surface area (Å²) >= 11 is 0. The Morgan fingerprint density at radius 3 is 2.90 bits per heavy atom. The number of rotatable bonds is 6. The average Bonchev–Trinajstić information content (AvgIpc) is 2.90. The molecule has 0 saturated heterocycles. The predicted octanol–water partition coefficient (Wildman–Crippen LogP) is -0.157. The van der Waals surface area contributed by atoms with Gasteiger partial charge in [0.05, 0.1) is 26.0 Å². The molecular weight excluding hydrogens is 282 g/mol. The molecule has 0 atom stereocenters. The van der Waals surface area contributed by atoms with Crippen molar-refractivity contribution < 1.29 is 18.3 Å². The molecule has 1 aliphatic heterocycles. The number of hydrogen-bond donors (Lipinski definition) is 1. The molecule has 0 aromatic carbocycles. The molecule has 0 unspecified atom stereocenters. The smallest absolute Gasteiger partial charge is 0.246 e. The molecule has 0 radical (unpaired) electrons. The number of methoxy groups -OCH3 is 1. The third-order valence-electron chi connectivity index (χ3n) is 3.17. The Hall–Kier alpha value is -1.22. The fourth-order valence-electron chi connectivity index (χ4n) is 2.08. The monoisotopic (exact) mass is 301 g/mol. The minimum Gasteiger partial charge on any atom is -0.394 e. The van der Waals surface area contributed by atoms with Gasteiger partial charge in [-0.25, -0.2) is 8.42 Å². The molecule has 8 heteroatoms. The number of ether oxygens (including phenoxy) is 1. The molecule has 0 amide bonds. The van der Waals surface area contributed by atoms with E-state index in [4.69, 9.17) is 9.84 Å². The summed E-state index contributed by atoms with van der Waals surface area (Å²) in [5.74, 6) is 0. The van der Waals surface area contributed by atoms with Crippen molar-refractivity contribution in [3.63, 3.8) is 0 Å². The lowest BCUT2D eigenvalue weighted by Crippen LogP contribution is -2.35. The van der Waals surface area contributed by atoms with Crippen molar-refractivity contribution in [3.05, 3.63) is 24.0 Å². The molecule has 1 aromatic rings. The highest BCUT2D eigenvalue weighted by atomic mass is 32.2. The molecule has 112 valence electrons. The van der Waals surface area contributed by atoms with Crippen LogP contribution in [0.25, 0.3) is 0 Å². The summed E-state index contributed by atoms with van der Waals surface area (Å²) in [6, 6.07) is 0. The summed E-state index contributed by atoms with van der Waals surface area (Å²) < 4.78 is 32.7. The van der Waals surface area contributed by atoms with Crippen LogP contribution in [-0.4, -0.2) is 61.0 Å². The summed E-state index contributed by atoms with van der Waals surface area (Å²) in [7, 11) is -1.89. The summed E-state index contributed by atoms with van der Waals surface area (Å²) in [5, 5.41) is 12.7. The van der Waals surface area contributed by atoms with Gasteiger partial charge in [-0.2, -0.15) is 9.40 Å². The normalized spacial score (nSPS) is 17.2. The molecule has 1 aromatic heterocycles. The van der Waals surface area contributed by atoms with Crippen LogP contribution in [0.4, 0.5) is 0 Å². The lowest BCUT2D eigenvalue weighted by Gasteiger charge is -2.25. The quantitative estimate of drug-likeness (QED) is 0.738. The molecule has 0 fully saturated rings. The van der Waals surface area contributed by atoms with E-state index in [1.165, 1.54) is 21.4 Å². The van der Waals surface area contributed by atoms with Crippen molar-refractivity contribution in [1.82, 2.24) is 14.1 Å². The first-order valence-corrected chi connectivity index (χ1v) is 7.82. The van der Waals surface area contributed by atoms with Crippen LogP contribution in [0.3, 0.4) is 0 Å². The van der Waals surface area contributed by atoms with Crippen LogP contribution in [0.1, 0.15) is 6.42 Å². The summed E-state index contributed by atoms with van der Waals surface area (Å²) in [6.45, 7) is 1.55. The van der Waals surface area contributed by atoms with E-state index >= 15 is 0 Å². The number of aromatic nitrogens is 2. The lowest BCUT2D eigenvalue weighted by atomic mass is 10.1. The second-order valence-electron chi connectivity index (χ2n) is 4.57. The fourth-order valence-corrected chi connectivity index (χ4v) is 3.41. The molecule has 1 N–H and O–H groups in total. The topological polar surface area (TPSA) is 84.7 Å². The van der Waals surface area contributed by atoms with Crippen LogP contribution < -0.4 is 0 Å². The SMILES string of the molecule is COCC1=CCN(S(=O)(=O)c2cnn(CCO)c2)CC1. The van der Waals surface area contributed by atoms with E-state index in [0.717, 1.165) is 5.57 Å².